The Morgan fingerprint density at radius 3 is 2.54 bits per heavy atom. The second-order valence-corrected chi connectivity index (χ2v) is 8.24. The molecule has 0 spiro atoms. The number of carboxylic acids is 1. The Hall–Kier alpha value is -2.13. The first-order valence-corrected chi connectivity index (χ1v) is 10.0. The molecule has 9 heteroatoms. The van der Waals surface area contributed by atoms with Crippen LogP contribution in [0.15, 0.2) is 29.3 Å². The number of hydrogen-bond donors (Lipinski definition) is 2. The van der Waals surface area contributed by atoms with E-state index in [1.807, 2.05) is 0 Å². The molecule has 0 saturated carbocycles. The highest BCUT2D eigenvalue weighted by molar-refractivity contribution is 7.89. The zero-order chi connectivity index (χ0) is 19.3. The van der Waals surface area contributed by atoms with Crippen molar-refractivity contribution in [3.8, 4) is 0 Å². The average molecular weight is 383 g/mol. The molecule has 1 aromatic heterocycles. The lowest BCUT2D eigenvalue weighted by atomic mass is 10.2. The van der Waals surface area contributed by atoms with E-state index in [-0.39, 0.29) is 17.0 Å². The number of carbonyl (C=O) groups excluding carboxylic acids is 1. The van der Waals surface area contributed by atoms with Gasteiger partial charge in [0.1, 0.15) is 16.6 Å². The van der Waals surface area contributed by atoms with Gasteiger partial charge in [-0.1, -0.05) is 18.6 Å². The highest BCUT2D eigenvalue weighted by Gasteiger charge is 2.29. The Morgan fingerprint density at radius 1 is 1.31 bits per heavy atom. The molecule has 1 amide bonds. The third-order valence-corrected chi connectivity index (χ3v) is 6.24. The maximum atomic E-state index is 12.7. The van der Waals surface area contributed by atoms with Crippen molar-refractivity contribution >= 4 is 21.9 Å². The van der Waals surface area contributed by atoms with E-state index >= 15 is 0 Å². The molecule has 1 aliphatic rings. The van der Waals surface area contributed by atoms with Gasteiger partial charge in [-0.25, -0.2) is 13.2 Å². The number of carboxylic acid groups (broad SMARTS) is 1. The Labute approximate surface area is 153 Å². The van der Waals surface area contributed by atoms with Gasteiger partial charge in [-0.15, -0.1) is 0 Å². The number of nitrogens with zero attached hydrogens (tertiary/aromatic N) is 2. The summed E-state index contributed by atoms with van der Waals surface area (Å²) >= 11 is 0. The molecule has 8 nitrogen and oxygen atoms in total. The van der Waals surface area contributed by atoms with Gasteiger partial charge in [-0.3, -0.25) is 4.79 Å². The minimum atomic E-state index is -3.65. The van der Waals surface area contributed by atoms with Crippen LogP contribution in [0.3, 0.4) is 0 Å². The summed E-state index contributed by atoms with van der Waals surface area (Å²) in [5.74, 6) is -1.77. The van der Waals surface area contributed by atoms with Gasteiger partial charge in [0.25, 0.3) is 5.91 Å². The number of aliphatic carboxylic acids is 1. The Balaban J connectivity index is 2.20. The smallest absolute Gasteiger partial charge is 0.326 e. The van der Waals surface area contributed by atoms with E-state index in [0.29, 0.717) is 13.1 Å². The van der Waals surface area contributed by atoms with Crippen molar-refractivity contribution in [3.05, 3.63) is 30.1 Å². The molecule has 1 fully saturated rings. The molecule has 0 bridgehead atoms. The lowest BCUT2D eigenvalue weighted by Gasteiger charge is -2.25. The van der Waals surface area contributed by atoms with Crippen molar-refractivity contribution < 1.29 is 23.1 Å². The molecule has 1 atom stereocenters. The topological polar surface area (TPSA) is 109 Å². The van der Waals surface area contributed by atoms with Crippen molar-refractivity contribution in [2.75, 3.05) is 13.1 Å². The van der Waals surface area contributed by atoms with Crippen LogP contribution in [0, 0.1) is 0 Å². The minimum absolute atomic E-state index is 0.0485. The number of amides is 1. The second kappa shape index (κ2) is 8.50. The van der Waals surface area contributed by atoms with Gasteiger partial charge in [-0.2, -0.15) is 4.31 Å². The van der Waals surface area contributed by atoms with Gasteiger partial charge in [0, 0.05) is 26.3 Å². The first-order valence-electron chi connectivity index (χ1n) is 8.58. The molecule has 26 heavy (non-hydrogen) atoms. The maximum Gasteiger partial charge on any atom is 0.326 e. The Morgan fingerprint density at radius 2 is 1.96 bits per heavy atom. The van der Waals surface area contributed by atoms with Crippen LogP contribution in [0.4, 0.5) is 0 Å². The Kier molecular flexibility index (Phi) is 6.60. The molecule has 2 rings (SSSR count). The van der Waals surface area contributed by atoms with E-state index in [2.05, 4.69) is 5.32 Å². The fourth-order valence-corrected chi connectivity index (χ4v) is 4.47. The van der Waals surface area contributed by atoms with Gasteiger partial charge >= 0.3 is 5.97 Å². The summed E-state index contributed by atoms with van der Waals surface area (Å²) in [5, 5.41) is 11.6. The molecule has 0 radical (unpaired) electrons. The van der Waals surface area contributed by atoms with Crippen LogP contribution in [0.25, 0.3) is 0 Å². The van der Waals surface area contributed by atoms with Gasteiger partial charge in [-0.05, 0) is 32.3 Å². The number of sulfonamides is 1. The van der Waals surface area contributed by atoms with Crippen LogP contribution in [-0.4, -0.2) is 53.4 Å². The predicted molar refractivity (Wildman–Crippen MR) is 96.3 cm³/mol. The van der Waals surface area contributed by atoms with Gasteiger partial charge in [0.15, 0.2) is 0 Å². The van der Waals surface area contributed by atoms with E-state index in [1.165, 1.54) is 21.1 Å². The van der Waals surface area contributed by atoms with Crippen molar-refractivity contribution in [1.29, 1.82) is 0 Å². The zero-order valence-electron chi connectivity index (χ0n) is 15.0. The highest BCUT2D eigenvalue weighted by Crippen LogP contribution is 2.22. The monoisotopic (exact) mass is 383 g/mol. The molecular formula is C17H25N3O5S. The van der Waals surface area contributed by atoms with E-state index in [0.717, 1.165) is 19.3 Å². The molecule has 1 unspecified atom stereocenters. The van der Waals surface area contributed by atoms with Crippen molar-refractivity contribution in [2.45, 2.75) is 43.5 Å². The number of aryl methyl sites for hydroxylation is 1. The fraction of sp³-hybridized carbons (Fsp3) is 0.529. The van der Waals surface area contributed by atoms with E-state index in [1.54, 1.807) is 26.1 Å². The summed E-state index contributed by atoms with van der Waals surface area (Å²) in [6.07, 6.45) is 7.55. The lowest BCUT2D eigenvalue weighted by molar-refractivity contribution is -0.139. The van der Waals surface area contributed by atoms with Crippen molar-refractivity contribution in [3.63, 3.8) is 0 Å². The van der Waals surface area contributed by atoms with Crippen LogP contribution in [0.1, 0.15) is 43.1 Å². The molecule has 0 aromatic carbocycles. The minimum Gasteiger partial charge on any atom is -0.480 e. The van der Waals surface area contributed by atoms with Crippen LogP contribution in [0.2, 0.25) is 0 Å². The predicted octanol–water partition coefficient (Wildman–Crippen LogP) is 1.35. The van der Waals surface area contributed by atoms with E-state index in [4.69, 9.17) is 0 Å². The molecule has 2 heterocycles. The number of allylic oxidation sites excluding steroid dienone is 1. The number of nitrogens with one attached hydrogen (secondary N) is 1. The standard InChI is InChI=1S/C17H25N3O5S/c1-3-4-8-14(17(22)23)18-16(21)15-11-13(12-19(15)2)26(24,25)20-9-6-5-7-10-20/h3-4,11-12,14H,5-10H2,1-2H3,(H,18,21)(H,22,23)/b4-3+. The highest BCUT2D eigenvalue weighted by atomic mass is 32.2. The normalized spacial score (nSPS) is 17.3. The summed E-state index contributed by atoms with van der Waals surface area (Å²) in [5.41, 5.74) is 0.104. The second-order valence-electron chi connectivity index (χ2n) is 6.31. The number of piperidine rings is 1. The lowest BCUT2D eigenvalue weighted by Crippen LogP contribution is -2.41. The van der Waals surface area contributed by atoms with Crippen LogP contribution in [-0.2, 0) is 21.9 Å². The SMILES string of the molecule is C/C=C/CC(NC(=O)c1cc(S(=O)(=O)N2CCCCC2)cn1C)C(=O)O. The molecule has 2 N–H and O–H groups in total. The summed E-state index contributed by atoms with van der Waals surface area (Å²) in [6.45, 7) is 2.71. The summed E-state index contributed by atoms with van der Waals surface area (Å²) in [4.78, 5) is 23.8. The number of carbonyl (C=O) groups is 2. The molecule has 0 aliphatic carbocycles. The number of hydrogen-bond acceptors (Lipinski definition) is 4. The molecule has 1 saturated heterocycles. The van der Waals surface area contributed by atoms with Crippen LogP contribution >= 0.6 is 0 Å². The third kappa shape index (κ3) is 4.53. The summed E-state index contributed by atoms with van der Waals surface area (Å²) in [6, 6.07) is 0.226. The van der Waals surface area contributed by atoms with Crippen LogP contribution < -0.4 is 5.32 Å². The van der Waals surface area contributed by atoms with Gasteiger partial charge < -0.3 is 15.0 Å². The quantitative estimate of drug-likeness (QED) is 0.691. The molecule has 1 aromatic rings. The maximum absolute atomic E-state index is 12.7. The number of rotatable bonds is 7. The first kappa shape index (κ1) is 20.2. The fourth-order valence-electron chi connectivity index (χ4n) is 2.88. The van der Waals surface area contributed by atoms with Gasteiger partial charge in [0.2, 0.25) is 10.0 Å². The van der Waals surface area contributed by atoms with E-state index < -0.39 is 27.9 Å². The van der Waals surface area contributed by atoms with Crippen molar-refractivity contribution in [2.24, 2.45) is 7.05 Å². The Bertz CT molecular complexity index is 791. The van der Waals surface area contributed by atoms with Crippen molar-refractivity contribution in [1.82, 2.24) is 14.2 Å². The summed E-state index contributed by atoms with van der Waals surface area (Å²) < 4.78 is 28.3. The molecule has 1 aliphatic heterocycles. The molecular weight excluding hydrogens is 358 g/mol. The molecule has 144 valence electrons. The summed E-state index contributed by atoms with van der Waals surface area (Å²) in [7, 11) is -2.09. The first-order chi connectivity index (χ1) is 12.3. The van der Waals surface area contributed by atoms with Crippen LogP contribution in [0.5, 0.6) is 0 Å². The number of aromatic nitrogens is 1. The third-order valence-electron chi connectivity index (χ3n) is 4.38. The largest absolute Gasteiger partial charge is 0.480 e. The van der Waals surface area contributed by atoms with Gasteiger partial charge in [0.05, 0.1) is 0 Å². The average Bonchev–Trinajstić information content (AvgIpc) is 3.01. The van der Waals surface area contributed by atoms with E-state index in [9.17, 15) is 23.1 Å². The zero-order valence-corrected chi connectivity index (χ0v) is 15.8.